The van der Waals surface area contributed by atoms with Gasteiger partial charge in [-0.15, -0.1) is 21.3 Å². The lowest BCUT2D eigenvalue weighted by molar-refractivity contribution is 0.701. The largest absolute Gasteiger partial charge is 0.421 e. The minimum atomic E-state index is -5.41. The summed E-state index contributed by atoms with van der Waals surface area (Å²) < 4.78 is 64.8. The van der Waals surface area contributed by atoms with E-state index in [0.29, 0.717) is 0 Å². The van der Waals surface area contributed by atoms with Gasteiger partial charge in [-0.2, -0.15) is 9.03 Å². The number of halogens is 4. The summed E-state index contributed by atoms with van der Waals surface area (Å²) in [5.74, 6) is 0. The van der Waals surface area contributed by atoms with E-state index < -0.39 is 22.9 Å². The predicted molar refractivity (Wildman–Crippen MR) is 84.6 cm³/mol. The van der Waals surface area contributed by atoms with E-state index >= 15 is 0 Å². The first-order valence-electron chi connectivity index (χ1n) is 6.14. The summed E-state index contributed by atoms with van der Waals surface area (Å²) in [5, 5.41) is 0.575. The van der Waals surface area contributed by atoms with Gasteiger partial charge in [-0.3, -0.25) is 0 Å². The summed E-state index contributed by atoms with van der Waals surface area (Å²) in [6.07, 6.45) is 0. The maximum absolute atomic E-state index is 13.9. The Morgan fingerprint density at radius 3 is 1.36 bits per heavy atom. The Morgan fingerprint density at radius 2 is 0.955 bits per heavy atom. The van der Waals surface area contributed by atoms with Crippen molar-refractivity contribution in [1.82, 2.24) is 0 Å². The molecule has 0 atom stereocenters. The van der Waals surface area contributed by atoms with Crippen LogP contribution in [-0.2, 0) is 0 Å². The SMILES string of the molecule is FP1(F)=NP(F)(F)=NP(c2ccccc2)(c2ccccc2)=N1. The number of hydrogen-bond acceptors (Lipinski definition) is 3. The third-order valence-electron chi connectivity index (χ3n) is 2.92. The van der Waals surface area contributed by atoms with Crippen LogP contribution in [0.15, 0.2) is 74.2 Å². The lowest BCUT2D eigenvalue weighted by Gasteiger charge is -2.25. The molecule has 116 valence electrons. The molecule has 0 aromatic heterocycles. The van der Waals surface area contributed by atoms with Crippen LogP contribution >= 0.6 is 22.9 Å². The van der Waals surface area contributed by atoms with Crippen LogP contribution in [0.2, 0.25) is 0 Å². The average molecular weight is 365 g/mol. The molecule has 10 heteroatoms. The Morgan fingerprint density at radius 1 is 0.545 bits per heavy atom. The Kier molecular flexibility index (Phi) is 3.92. The fraction of sp³-hybridized carbons (Fsp3) is 0. The van der Waals surface area contributed by atoms with Crippen LogP contribution in [0.1, 0.15) is 0 Å². The van der Waals surface area contributed by atoms with E-state index in [1.165, 1.54) is 24.3 Å². The number of benzene rings is 2. The van der Waals surface area contributed by atoms with Gasteiger partial charge in [-0.1, -0.05) is 60.7 Å². The van der Waals surface area contributed by atoms with Crippen molar-refractivity contribution in [1.29, 1.82) is 0 Å². The summed E-state index contributed by atoms with van der Waals surface area (Å²) >= 11 is 0. The highest BCUT2D eigenvalue weighted by Crippen LogP contribution is 2.80. The van der Waals surface area contributed by atoms with Crippen molar-refractivity contribution in [3.8, 4) is 0 Å². The molecule has 0 spiro atoms. The van der Waals surface area contributed by atoms with Gasteiger partial charge < -0.3 is 0 Å². The van der Waals surface area contributed by atoms with Crippen LogP contribution in [0.3, 0.4) is 0 Å². The zero-order valence-corrected chi connectivity index (χ0v) is 13.7. The van der Waals surface area contributed by atoms with Crippen LogP contribution in [-0.4, -0.2) is 0 Å². The molecule has 3 rings (SSSR count). The summed E-state index contributed by atoms with van der Waals surface area (Å²) in [5.41, 5.74) is 0. The van der Waals surface area contributed by atoms with E-state index in [9.17, 15) is 16.8 Å². The molecule has 0 saturated heterocycles. The van der Waals surface area contributed by atoms with E-state index in [2.05, 4.69) is 13.5 Å². The van der Waals surface area contributed by atoms with Crippen molar-refractivity contribution in [3.05, 3.63) is 60.7 Å². The van der Waals surface area contributed by atoms with Crippen molar-refractivity contribution in [2.24, 2.45) is 13.5 Å². The minimum absolute atomic E-state index is 0.287. The molecule has 1 heterocycles. The first-order valence-corrected chi connectivity index (χ1v) is 10.8. The summed E-state index contributed by atoms with van der Waals surface area (Å²) in [7, 11) is -14.4. The van der Waals surface area contributed by atoms with Crippen LogP contribution in [0.5, 0.6) is 0 Å². The second-order valence-corrected chi connectivity index (χ2v) is 10.7. The first-order chi connectivity index (χ1) is 10.3. The topological polar surface area (TPSA) is 37.1 Å². The Balaban J connectivity index is 2.45. The molecule has 0 amide bonds. The molecule has 0 radical (unpaired) electrons. The van der Waals surface area contributed by atoms with E-state index in [1.54, 1.807) is 36.4 Å². The second-order valence-electron chi connectivity index (χ2n) is 4.45. The van der Waals surface area contributed by atoms with E-state index in [1.807, 2.05) is 0 Å². The molecule has 0 unspecified atom stereocenters. The highest BCUT2D eigenvalue weighted by Gasteiger charge is 2.40. The summed E-state index contributed by atoms with van der Waals surface area (Å²) in [6.45, 7) is 0. The van der Waals surface area contributed by atoms with Crippen LogP contribution < -0.4 is 10.6 Å². The van der Waals surface area contributed by atoms with Crippen molar-refractivity contribution < 1.29 is 16.8 Å². The average Bonchev–Trinajstić information content (AvgIpc) is 2.46. The molecular formula is C12H10F4N3P3. The maximum atomic E-state index is 13.9. The molecular weight excluding hydrogens is 355 g/mol. The normalized spacial score (nSPS) is 21.1. The van der Waals surface area contributed by atoms with E-state index in [-0.39, 0.29) is 10.6 Å². The molecule has 1 aliphatic rings. The fourth-order valence-electron chi connectivity index (χ4n) is 2.12. The molecule has 1 aliphatic heterocycles. The van der Waals surface area contributed by atoms with Crippen LogP contribution in [0.25, 0.3) is 0 Å². The fourth-order valence-corrected chi connectivity index (χ4v) is 10.2. The molecule has 2 aromatic rings. The molecule has 22 heavy (non-hydrogen) atoms. The monoisotopic (exact) mass is 365 g/mol. The minimum Gasteiger partial charge on any atom is -0.176 e. The standard InChI is InChI=1S/C12H10F4N3P3/c13-21(14)17-20(18-22(15,16)19-21,11-7-3-1-4-8-11)12-9-5-2-6-10-12/h1-10H. The van der Waals surface area contributed by atoms with Gasteiger partial charge in [0.2, 0.25) is 0 Å². The highest BCUT2D eigenvalue weighted by atomic mass is 31.3. The number of nitrogens with zero attached hydrogens (tertiary/aromatic N) is 3. The zero-order valence-electron chi connectivity index (χ0n) is 11.0. The third-order valence-corrected chi connectivity index (χ3v) is 10.5. The zero-order chi connectivity index (χ0) is 15.8. The van der Waals surface area contributed by atoms with Gasteiger partial charge in [0.05, 0.1) is 0 Å². The van der Waals surface area contributed by atoms with Crippen molar-refractivity contribution in [2.75, 3.05) is 0 Å². The van der Waals surface area contributed by atoms with Gasteiger partial charge in [-0.25, -0.2) is 0 Å². The second kappa shape index (κ2) is 5.49. The van der Waals surface area contributed by atoms with Gasteiger partial charge in [0.1, 0.15) is 7.21 Å². The van der Waals surface area contributed by atoms with Crippen molar-refractivity contribution in [3.63, 3.8) is 0 Å². The van der Waals surface area contributed by atoms with Gasteiger partial charge in [-0.05, 0) is 0 Å². The first kappa shape index (κ1) is 15.7. The molecule has 0 aliphatic carbocycles. The smallest absolute Gasteiger partial charge is 0.176 e. The van der Waals surface area contributed by atoms with E-state index in [0.717, 1.165) is 0 Å². The molecule has 0 bridgehead atoms. The Hall–Kier alpha value is -1.15. The summed E-state index contributed by atoms with van der Waals surface area (Å²) in [4.78, 5) is 0. The van der Waals surface area contributed by atoms with Crippen molar-refractivity contribution >= 4 is 33.5 Å². The van der Waals surface area contributed by atoms with Gasteiger partial charge in [0.25, 0.3) is 0 Å². The lowest BCUT2D eigenvalue weighted by Crippen LogP contribution is -2.14. The Bertz CT molecular complexity index is 805. The predicted octanol–water partition coefficient (Wildman–Crippen LogP) is 6.54. The number of hydrogen-bond donors (Lipinski definition) is 0. The highest BCUT2D eigenvalue weighted by molar-refractivity contribution is 7.89. The maximum Gasteiger partial charge on any atom is 0.421 e. The summed E-state index contributed by atoms with van der Waals surface area (Å²) in [6, 6.07) is 15.8. The lowest BCUT2D eigenvalue weighted by atomic mass is 10.4. The molecule has 0 saturated carbocycles. The Labute approximate surface area is 125 Å². The molecule has 3 nitrogen and oxygen atoms in total. The third kappa shape index (κ3) is 2.99. The van der Waals surface area contributed by atoms with Gasteiger partial charge in [0, 0.05) is 10.6 Å². The van der Waals surface area contributed by atoms with Gasteiger partial charge in [0.15, 0.2) is 0 Å². The van der Waals surface area contributed by atoms with Crippen LogP contribution in [0, 0.1) is 0 Å². The molecule has 2 aromatic carbocycles. The van der Waals surface area contributed by atoms with Crippen LogP contribution in [0.4, 0.5) is 16.8 Å². The molecule has 0 fully saturated rings. The van der Waals surface area contributed by atoms with E-state index in [4.69, 9.17) is 0 Å². The quantitative estimate of drug-likeness (QED) is 0.428. The van der Waals surface area contributed by atoms with Gasteiger partial charge >= 0.3 is 15.7 Å². The molecule has 0 N–H and O–H groups in total. The van der Waals surface area contributed by atoms with Crippen molar-refractivity contribution in [2.45, 2.75) is 0 Å². The number of rotatable bonds is 2.